The SMILES string of the molecule is [2H]C([2H])(O)C(=C)C. The highest BCUT2D eigenvalue weighted by Crippen LogP contribution is 1.76. The van der Waals surface area contributed by atoms with Gasteiger partial charge in [-0.1, -0.05) is 12.2 Å². The largest absolute Gasteiger partial charge is 0.392 e. The topological polar surface area (TPSA) is 20.2 Å². The zero-order valence-corrected chi connectivity index (χ0v) is 3.15. The molecular formula is C4H8O. The molecule has 0 aliphatic carbocycles. The first-order valence-electron chi connectivity index (χ1n) is 2.33. The summed E-state index contributed by atoms with van der Waals surface area (Å²) in [5.41, 5.74) is 0.132. The van der Waals surface area contributed by atoms with Gasteiger partial charge in [-0.15, -0.1) is 0 Å². The molecule has 0 fully saturated rings. The van der Waals surface area contributed by atoms with Crippen LogP contribution in [0.2, 0.25) is 0 Å². The molecule has 0 rings (SSSR count). The lowest BCUT2D eigenvalue weighted by atomic mass is 10.4. The molecular weight excluding hydrogens is 64.0 g/mol. The molecule has 0 unspecified atom stereocenters. The standard InChI is InChI=1S/C4H8O/c1-4(2)3-5/h5H,1,3H2,2H3/i3D2. The van der Waals surface area contributed by atoms with Crippen LogP contribution in [0.3, 0.4) is 0 Å². The van der Waals surface area contributed by atoms with Crippen LogP contribution in [0.1, 0.15) is 9.67 Å². The van der Waals surface area contributed by atoms with E-state index in [2.05, 4.69) is 6.58 Å². The summed E-state index contributed by atoms with van der Waals surface area (Å²) in [4.78, 5) is 0. The Kier molecular flexibility index (Phi) is 0.780. The molecule has 0 aromatic heterocycles. The average Bonchev–Trinajstić information content (AvgIpc) is 1.31. The molecule has 0 spiro atoms. The Labute approximate surface area is 34.7 Å². The molecule has 0 aliphatic heterocycles. The predicted molar refractivity (Wildman–Crippen MR) is 21.9 cm³/mol. The molecule has 0 radical (unpaired) electrons. The highest BCUT2D eigenvalue weighted by molar-refractivity contribution is 4.85. The van der Waals surface area contributed by atoms with Crippen LogP contribution < -0.4 is 0 Å². The summed E-state index contributed by atoms with van der Waals surface area (Å²) >= 11 is 0. The second kappa shape index (κ2) is 1.97. The quantitative estimate of drug-likeness (QED) is 0.450. The summed E-state index contributed by atoms with van der Waals surface area (Å²) in [6.45, 7) is 2.44. The van der Waals surface area contributed by atoms with Crippen LogP contribution in [0.25, 0.3) is 0 Å². The molecule has 1 heteroatoms. The summed E-state index contributed by atoms with van der Waals surface area (Å²) in [5, 5.41) is 8.33. The van der Waals surface area contributed by atoms with E-state index in [0.29, 0.717) is 0 Å². The maximum absolute atomic E-state index is 8.33. The third kappa shape index (κ3) is 3.70. The van der Waals surface area contributed by atoms with E-state index in [1.165, 1.54) is 6.92 Å². The van der Waals surface area contributed by atoms with Gasteiger partial charge in [0.05, 0.1) is 9.30 Å². The molecule has 0 aliphatic rings. The van der Waals surface area contributed by atoms with E-state index in [0.717, 1.165) is 0 Å². The van der Waals surface area contributed by atoms with Crippen molar-refractivity contribution in [1.82, 2.24) is 0 Å². The fourth-order valence-electron chi connectivity index (χ4n) is 0. The third-order valence-electron chi connectivity index (χ3n) is 0.191. The van der Waals surface area contributed by atoms with Gasteiger partial charge in [-0.25, -0.2) is 0 Å². The highest BCUT2D eigenvalue weighted by Gasteiger charge is 1.69. The summed E-state index contributed by atoms with van der Waals surface area (Å²) in [5.74, 6) is 0. The summed E-state index contributed by atoms with van der Waals surface area (Å²) in [6, 6.07) is 0. The Bertz CT molecular complexity index is 82.2. The molecule has 5 heavy (non-hydrogen) atoms. The molecule has 1 nitrogen and oxygen atoms in total. The van der Waals surface area contributed by atoms with Crippen LogP contribution in [-0.2, 0) is 0 Å². The van der Waals surface area contributed by atoms with Crippen LogP contribution in [0, 0.1) is 0 Å². The van der Waals surface area contributed by atoms with Crippen LogP contribution in [0.4, 0.5) is 0 Å². The minimum atomic E-state index is -2.19. The summed E-state index contributed by atoms with van der Waals surface area (Å²) in [6.07, 6.45) is 0. The first kappa shape index (κ1) is 1.98. The lowest BCUT2D eigenvalue weighted by Gasteiger charge is -1.79. The van der Waals surface area contributed by atoms with Crippen molar-refractivity contribution in [2.75, 3.05) is 6.56 Å². The zero-order chi connectivity index (χ0) is 6.08. The van der Waals surface area contributed by atoms with Gasteiger partial charge in [-0.2, -0.15) is 0 Å². The molecule has 0 bridgehead atoms. The van der Waals surface area contributed by atoms with E-state index in [1.807, 2.05) is 0 Å². The van der Waals surface area contributed by atoms with E-state index < -0.39 is 6.56 Å². The molecule has 0 atom stereocenters. The van der Waals surface area contributed by atoms with Crippen LogP contribution in [0.5, 0.6) is 0 Å². The number of hydrogen-bond acceptors (Lipinski definition) is 1. The van der Waals surface area contributed by atoms with Gasteiger partial charge >= 0.3 is 0 Å². The maximum Gasteiger partial charge on any atom is 0.0636 e. The van der Waals surface area contributed by atoms with Gasteiger partial charge in [0.15, 0.2) is 0 Å². The fourth-order valence-corrected chi connectivity index (χ4v) is 0. The minimum absolute atomic E-state index is 0.132. The van der Waals surface area contributed by atoms with Crippen molar-refractivity contribution < 1.29 is 7.85 Å². The first-order chi connectivity index (χ1) is 2.94. The molecule has 0 saturated heterocycles. The van der Waals surface area contributed by atoms with Crippen molar-refractivity contribution >= 4 is 0 Å². The molecule has 0 heterocycles. The summed E-state index contributed by atoms with van der Waals surface area (Å²) in [7, 11) is 0. The monoisotopic (exact) mass is 74.1 g/mol. The fraction of sp³-hybridized carbons (Fsp3) is 0.500. The van der Waals surface area contributed by atoms with E-state index in [4.69, 9.17) is 7.85 Å². The Morgan fingerprint density at radius 1 is 2.40 bits per heavy atom. The van der Waals surface area contributed by atoms with Crippen LogP contribution in [0.15, 0.2) is 12.2 Å². The van der Waals surface area contributed by atoms with Crippen molar-refractivity contribution in [1.29, 1.82) is 0 Å². The first-order valence-corrected chi connectivity index (χ1v) is 1.33. The second-order valence-corrected chi connectivity index (χ2v) is 0.892. The Hall–Kier alpha value is -0.300. The van der Waals surface area contributed by atoms with Gasteiger partial charge in [0.1, 0.15) is 0 Å². The van der Waals surface area contributed by atoms with Crippen LogP contribution in [-0.4, -0.2) is 11.7 Å². The molecule has 0 saturated carbocycles. The van der Waals surface area contributed by atoms with Crippen molar-refractivity contribution in [2.24, 2.45) is 0 Å². The maximum atomic E-state index is 8.33. The molecule has 0 aromatic carbocycles. The van der Waals surface area contributed by atoms with Crippen LogP contribution >= 0.6 is 0 Å². The second-order valence-electron chi connectivity index (χ2n) is 0.892. The van der Waals surface area contributed by atoms with E-state index >= 15 is 0 Å². The van der Waals surface area contributed by atoms with Gasteiger partial charge < -0.3 is 5.11 Å². The van der Waals surface area contributed by atoms with Gasteiger partial charge in [0.25, 0.3) is 0 Å². The van der Waals surface area contributed by atoms with Gasteiger partial charge in [-0.3, -0.25) is 0 Å². The van der Waals surface area contributed by atoms with E-state index in [-0.39, 0.29) is 5.57 Å². The Balaban J connectivity index is 3.79. The van der Waals surface area contributed by atoms with Gasteiger partial charge in [-0.05, 0) is 6.92 Å². The molecule has 30 valence electrons. The van der Waals surface area contributed by atoms with E-state index in [1.54, 1.807) is 0 Å². The molecule has 0 aromatic rings. The Morgan fingerprint density at radius 3 is 2.60 bits per heavy atom. The van der Waals surface area contributed by atoms with Crippen molar-refractivity contribution in [3.8, 4) is 0 Å². The zero-order valence-electron chi connectivity index (χ0n) is 5.15. The Morgan fingerprint density at radius 2 is 2.60 bits per heavy atom. The normalized spacial score (nSPS) is 16.4. The lowest BCUT2D eigenvalue weighted by Crippen LogP contribution is -1.76. The number of aliphatic hydroxyl groups is 1. The van der Waals surface area contributed by atoms with Gasteiger partial charge in [0, 0.05) is 0 Å². The molecule has 1 N–H and O–H groups in total. The smallest absolute Gasteiger partial charge is 0.0636 e. The summed E-state index contributed by atoms with van der Waals surface area (Å²) < 4.78 is 13.0. The highest BCUT2D eigenvalue weighted by atomic mass is 16.3. The average molecular weight is 74.1 g/mol. The van der Waals surface area contributed by atoms with Gasteiger partial charge in [0.2, 0.25) is 0 Å². The number of rotatable bonds is 1. The third-order valence-corrected chi connectivity index (χ3v) is 0.191. The number of hydrogen-bond donors (Lipinski definition) is 1. The predicted octanol–water partition coefficient (Wildman–Crippen LogP) is 0.555. The van der Waals surface area contributed by atoms with Crippen molar-refractivity contribution in [3.63, 3.8) is 0 Å². The van der Waals surface area contributed by atoms with Crippen molar-refractivity contribution in [3.05, 3.63) is 12.2 Å². The van der Waals surface area contributed by atoms with Crippen molar-refractivity contribution in [2.45, 2.75) is 6.92 Å². The lowest BCUT2D eigenvalue weighted by molar-refractivity contribution is 0.332. The molecule has 0 amide bonds. The minimum Gasteiger partial charge on any atom is -0.392 e. The van der Waals surface area contributed by atoms with E-state index in [9.17, 15) is 0 Å².